The van der Waals surface area contributed by atoms with Crippen molar-refractivity contribution in [3.8, 4) is 11.5 Å². The number of hydrogen-bond donors (Lipinski definition) is 2. The van der Waals surface area contributed by atoms with E-state index in [0.717, 1.165) is 16.6 Å². The molecule has 7 nitrogen and oxygen atoms in total. The van der Waals surface area contributed by atoms with Crippen LogP contribution in [-0.4, -0.2) is 30.1 Å². The third kappa shape index (κ3) is 4.29. The number of rotatable bonds is 7. The van der Waals surface area contributed by atoms with Crippen molar-refractivity contribution >= 4 is 44.7 Å². The Bertz CT molecular complexity index is 1220. The highest BCUT2D eigenvalue weighted by molar-refractivity contribution is 7.18. The number of hydrogen-bond acceptors (Lipinski definition) is 7. The average molecular weight is 435 g/mol. The zero-order valence-corrected chi connectivity index (χ0v) is 18.2. The van der Waals surface area contributed by atoms with Crippen LogP contribution in [0.3, 0.4) is 0 Å². The maximum absolute atomic E-state index is 12.6. The van der Waals surface area contributed by atoms with Crippen LogP contribution >= 0.6 is 11.3 Å². The van der Waals surface area contributed by atoms with E-state index in [4.69, 9.17) is 9.47 Å². The lowest BCUT2D eigenvalue weighted by Crippen LogP contribution is -2.13. The normalized spacial score (nSPS) is 10.7. The number of fused-ring (bicyclic) bond motifs is 1. The van der Waals surface area contributed by atoms with Crippen molar-refractivity contribution in [2.24, 2.45) is 0 Å². The smallest absolute Gasteiger partial charge is 0.255 e. The molecule has 0 fully saturated rings. The van der Waals surface area contributed by atoms with E-state index < -0.39 is 0 Å². The first kappa shape index (κ1) is 20.6. The molecule has 2 N–H and O–H groups in total. The summed E-state index contributed by atoms with van der Waals surface area (Å²) in [5.74, 6) is 1.49. The Labute approximate surface area is 184 Å². The van der Waals surface area contributed by atoms with Crippen molar-refractivity contribution in [2.75, 3.05) is 24.9 Å². The van der Waals surface area contributed by atoms with Crippen molar-refractivity contribution in [1.82, 2.24) is 9.97 Å². The van der Waals surface area contributed by atoms with Gasteiger partial charge in [-0.05, 0) is 24.6 Å². The summed E-state index contributed by atoms with van der Waals surface area (Å²) in [5, 5.41) is 7.17. The minimum atomic E-state index is -0.232. The van der Waals surface area contributed by atoms with E-state index in [2.05, 4.69) is 33.6 Å². The molecule has 0 atom stereocenters. The lowest BCUT2D eigenvalue weighted by Gasteiger charge is -2.16. The fourth-order valence-corrected chi connectivity index (χ4v) is 4.12. The third-order valence-corrected chi connectivity index (χ3v) is 5.98. The number of methoxy groups -OCH3 is 2. The molecule has 2 aromatic heterocycles. The number of aryl methyl sites for hydroxylation is 1. The summed E-state index contributed by atoms with van der Waals surface area (Å²) in [5.41, 5.74) is 1.73. The number of carbonyl (C=O) groups is 1. The minimum Gasteiger partial charge on any atom is -0.494 e. The fourth-order valence-electron chi connectivity index (χ4n) is 3.18. The van der Waals surface area contributed by atoms with Gasteiger partial charge in [-0.2, -0.15) is 0 Å². The molecule has 0 radical (unpaired) electrons. The molecular formula is C23H22N4O3S. The molecule has 0 unspecified atom stereocenters. The molecule has 0 spiro atoms. The van der Waals surface area contributed by atoms with Gasteiger partial charge in [0.25, 0.3) is 5.91 Å². The lowest BCUT2D eigenvalue weighted by molar-refractivity contribution is 0.102. The molecule has 158 valence electrons. The predicted molar refractivity (Wildman–Crippen MR) is 124 cm³/mol. The van der Waals surface area contributed by atoms with E-state index in [0.29, 0.717) is 34.3 Å². The third-order valence-electron chi connectivity index (χ3n) is 4.79. The van der Waals surface area contributed by atoms with Gasteiger partial charge in [0.15, 0.2) is 0 Å². The number of nitrogens with zero attached hydrogens (tertiary/aromatic N) is 2. The van der Waals surface area contributed by atoms with Crippen LogP contribution in [0.15, 0.2) is 54.9 Å². The van der Waals surface area contributed by atoms with E-state index in [1.165, 1.54) is 4.88 Å². The Kier molecular flexibility index (Phi) is 5.99. The van der Waals surface area contributed by atoms with Crippen molar-refractivity contribution in [1.29, 1.82) is 0 Å². The Balaban J connectivity index is 1.68. The zero-order valence-electron chi connectivity index (χ0n) is 17.4. The largest absolute Gasteiger partial charge is 0.494 e. The predicted octanol–water partition coefficient (Wildman–Crippen LogP) is 5.27. The van der Waals surface area contributed by atoms with Crippen LogP contribution in [-0.2, 0) is 6.42 Å². The second kappa shape index (κ2) is 9.01. The van der Waals surface area contributed by atoms with Gasteiger partial charge in [0, 0.05) is 22.6 Å². The number of nitrogens with one attached hydrogen (secondary N) is 2. The van der Waals surface area contributed by atoms with E-state index in [-0.39, 0.29) is 5.91 Å². The molecule has 0 aliphatic heterocycles. The highest BCUT2D eigenvalue weighted by Gasteiger charge is 2.16. The molecular weight excluding hydrogens is 412 g/mol. The topological polar surface area (TPSA) is 85.4 Å². The summed E-state index contributed by atoms with van der Waals surface area (Å²) in [6.45, 7) is 2.11. The first-order chi connectivity index (χ1) is 15.1. The summed E-state index contributed by atoms with van der Waals surface area (Å²) in [7, 11) is 3.13. The fraction of sp³-hybridized carbons (Fsp3) is 0.174. The molecule has 0 aliphatic rings. The molecule has 4 rings (SSSR count). The van der Waals surface area contributed by atoms with Crippen molar-refractivity contribution in [3.63, 3.8) is 0 Å². The molecule has 2 heterocycles. The van der Waals surface area contributed by atoms with Gasteiger partial charge in [0.05, 0.1) is 31.0 Å². The SMILES string of the molecule is CCc1cc2c(Nc3cc(OC)c(NC(=O)c4ccccc4)cc3OC)ncnc2s1. The monoisotopic (exact) mass is 434 g/mol. The summed E-state index contributed by atoms with van der Waals surface area (Å²) >= 11 is 1.65. The number of thiophene rings is 1. The standard InChI is InChI=1S/C23H22N4O3S/c1-4-15-10-16-21(24-13-25-23(16)31-15)26-17-11-20(30-3)18(12-19(17)29-2)27-22(28)14-8-6-5-7-9-14/h5-13H,4H2,1-3H3,(H,27,28)(H,24,25,26). The Morgan fingerprint density at radius 1 is 1.00 bits per heavy atom. The van der Waals surface area contributed by atoms with Crippen LogP contribution < -0.4 is 20.1 Å². The van der Waals surface area contributed by atoms with E-state index >= 15 is 0 Å². The molecule has 0 bridgehead atoms. The summed E-state index contributed by atoms with van der Waals surface area (Å²) in [4.78, 5) is 23.5. The first-order valence-electron chi connectivity index (χ1n) is 9.75. The molecule has 0 saturated carbocycles. The van der Waals surface area contributed by atoms with Crippen LogP contribution in [0.1, 0.15) is 22.2 Å². The van der Waals surface area contributed by atoms with Crippen LogP contribution in [0.5, 0.6) is 11.5 Å². The minimum absolute atomic E-state index is 0.232. The van der Waals surface area contributed by atoms with Gasteiger partial charge >= 0.3 is 0 Å². The van der Waals surface area contributed by atoms with Gasteiger partial charge in [-0.15, -0.1) is 11.3 Å². The maximum Gasteiger partial charge on any atom is 0.255 e. The van der Waals surface area contributed by atoms with E-state index in [1.54, 1.807) is 56.1 Å². The zero-order chi connectivity index (χ0) is 21.8. The van der Waals surface area contributed by atoms with Gasteiger partial charge in [-0.3, -0.25) is 4.79 Å². The van der Waals surface area contributed by atoms with E-state index in [1.807, 2.05) is 18.2 Å². The Morgan fingerprint density at radius 2 is 1.71 bits per heavy atom. The first-order valence-corrected chi connectivity index (χ1v) is 10.6. The Hall–Kier alpha value is -3.65. The highest BCUT2D eigenvalue weighted by Crippen LogP contribution is 2.39. The van der Waals surface area contributed by atoms with Gasteiger partial charge in [0.1, 0.15) is 28.5 Å². The van der Waals surface area contributed by atoms with Crippen molar-refractivity contribution in [2.45, 2.75) is 13.3 Å². The molecule has 2 aromatic carbocycles. The summed E-state index contributed by atoms with van der Waals surface area (Å²) < 4.78 is 11.1. The number of carbonyl (C=O) groups excluding carboxylic acids is 1. The second-order valence-electron chi connectivity index (χ2n) is 6.71. The molecule has 4 aromatic rings. The maximum atomic E-state index is 12.6. The van der Waals surface area contributed by atoms with Gasteiger partial charge < -0.3 is 20.1 Å². The summed E-state index contributed by atoms with van der Waals surface area (Å²) in [6, 6.07) is 14.6. The van der Waals surface area contributed by atoms with Crippen LogP contribution in [0.2, 0.25) is 0 Å². The number of amides is 1. The molecule has 0 aliphatic carbocycles. The lowest BCUT2D eigenvalue weighted by atomic mass is 10.2. The number of benzene rings is 2. The number of anilines is 3. The second-order valence-corrected chi connectivity index (χ2v) is 7.82. The molecule has 1 amide bonds. The molecule has 0 saturated heterocycles. The van der Waals surface area contributed by atoms with Crippen LogP contribution in [0.4, 0.5) is 17.2 Å². The van der Waals surface area contributed by atoms with Gasteiger partial charge in [-0.25, -0.2) is 9.97 Å². The van der Waals surface area contributed by atoms with Crippen molar-refractivity contribution in [3.05, 3.63) is 65.3 Å². The molecule has 8 heteroatoms. The van der Waals surface area contributed by atoms with Gasteiger partial charge in [-0.1, -0.05) is 25.1 Å². The molecule has 31 heavy (non-hydrogen) atoms. The average Bonchev–Trinajstić information content (AvgIpc) is 3.24. The van der Waals surface area contributed by atoms with Crippen molar-refractivity contribution < 1.29 is 14.3 Å². The Morgan fingerprint density at radius 3 is 2.42 bits per heavy atom. The summed E-state index contributed by atoms with van der Waals surface area (Å²) in [6.07, 6.45) is 2.48. The number of aromatic nitrogens is 2. The number of ether oxygens (including phenoxy) is 2. The van der Waals surface area contributed by atoms with Crippen LogP contribution in [0, 0.1) is 0 Å². The highest BCUT2D eigenvalue weighted by atomic mass is 32.1. The van der Waals surface area contributed by atoms with E-state index in [9.17, 15) is 4.79 Å². The van der Waals surface area contributed by atoms with Crippen LogP contribution in [0.25, 0.3) is 10.2 Å². The van der Waals surface area contributed by atoms with Gasteiger partial charge in [0.2, 0.25) is 0 Å². The quantitative estimate of drug-likeness (QED) is 0.412.